The summed E-state index contributed by atoms with van der Waals surface area (Å²) in [5, 5.41) is 0. The normalized spacial score (nSPS) is 12.9. The van der Waals surface area contributed by atoms with Crippen LogP contribution in [0.2, 0.25) is 0 Å². The number of hydrogen-bond acceptors (Lipinski definition) is 3. The van der Waals surface area contributed by atoms with E-state index in [9.17, 15) is 0 Å². The van der Waals surface area contributed by atoms with Crippen LogP contribution in [0.1, 0.15) is 175 Å². The van der Waals surface area contributed by atoms with Crippen LogP contribution in [0, 0.1) is 5.92 Å². The largest absolute Gasteiger partial charge is 0.394 e. The van der Waals surface area contributed by atoms with E-state index in [4.69, 9.17) is 23.3 Å². The molecule has 0 amide bonds. The van der Waals surface area contributed by atoms with Gasteiger partial charge in [0.15, 0.2) is 0 Å². The molecule has 0 aliphatic carbocycles. The predicted molar refractivity (Wildman–Crippen MR) is 153 cm³/mol. The summed E-state index contributed by atoms with van der Waals surface area (Å²) in [6.07, 6.45) is 32.8. The number of unbranched alkanes of at least 4 members (excludes halogenated alkanes) is 19. The summed E-state index contributed by atoms with van der Waals surface area (Å²) < 4.78 is 31.6. The molecule has 35 heavy (non-hydrogen) atoms. The maximum absolute atomic E-state index is 8.74. The first-order valence-corrected chi connectivity index (χ1v) is 16.4. The molecule has 214 valence electrons. The summed E-state index contributed by atoms with van der Waals surface area (Å²) >= 11 is 0. The van der Waals surface area contributed by atoms with E-state index in [0.29, 0.717) is 5.92 Å². The zero-order valence-corrected chi connectivity index (χ0v) is 24.9. The molecule has 1 atom stereocenters. The summed E-state index contributed by atoms with van der Waals surface area (Å²) in [6.45, 7) is 9.09. The maximum Gasteiger partial charge on any atom is 0.394 e. The maximum atomic E-state index is 8.74. The van der Waals surface area contributed by atoms with Crippen molar-refractivity contribution in [3.8, 4) is 0 Å². The molecule has 0 rings (SSSR count). The van der Waals surface area contributed by atoms with E-state index in [1.165, 1.54) is 148 Å². The Morgan fingerprint density at radius 3 is 0.943 bits per heavy atom. The number of nitrogens with two attached hydrogens (primary N) is 1. The van der Waals surface area contributed by atoms with E-state index in [1.807, 2.05) is 0 Å². The highest BCUT2D eigenvalue weighted by Crippen LogP contribution is 2.27. The van der Waals surface area contributed by atoms with Crippen LogP contribution in [0.25, 0.3) is 0 Å². The molecule has 0 aliphatic rings. The number of rotatable bonds is 24. The Kier molecular flexibility index (Phi) is 26.9. The highest BCUT2D eigenvalue weighted by atomic mass is 32.3. The van der Waals surface area contributed by atoms with Gasteiger partial charge in [0.05, 0.1) is 0 Å². The fourth-order valence-corrected chi connectivity index (χ4v) is 4.82. The Labute approximate surface area is 220 Å². The van der Waals surface area contributed by atoms with Crippen LogP contribution >= 0.6 is 0 Å². The molecule has 0 aromatic rings. The lowest BCUT2D eigenvalue weighted by atomic mass is 9.80. The Morgan fingerprint density at radius 1 is 0.543 bits per heavy atom. The third-order valence-electron chi connectivity index (χ3n) is 7.11. The second-order valence-electron chi connectivity index (χ2n) is 11.3. The molecule has 4 N–H and O–H groups in total. The molecule has 0 saturated heterocycles. The third kappa shape index (κ3) is 36.1. The summed E-state index contributed by atoms with van der Waals surface area (Å²) in [4.78, 5) is 0. The Bertz CT molecular complexity index is 509. The van der Waals surface area contributed by atoms with Crippen LogP contribution in [0.15, 0.2) is 0 Å². The van der Waals surface area contributed by atoms with Gasteiger partial charge in [-0.25, -0.2) is 0 Å². The number of hydrogen-bond donors (Lipinski definition) is 3. The quantitative estimate of drug-likeness (QED) is 0.0866. The molecule has 0 saturated carbocycles. The van der Waals surface area contributed by atoms with Gasteiger partial charge in [0, 0.05) is 5.54 Å². The third-order valence-corrected chi connectivity index (χ3v) is 7.11. The van der Waals surface area contributed by atoms with Crippen molar-refractivity contribution in [2.75, 3.05) is 0 Å². The molecule has 0 heterocycles. The monoisotopic (exact) mass is 521 g/mol. The zero-order valence-electron chi connectivity index (χ0n) is 24.0. The molecule has 0 aromatic heterocycles. The molecule has 0 radical (unpaired) electrons. The Hall–Kier alpha value is -0.170. The molecule has 1 unspecified atom stereocenters. The van der Waals surface area contributed by atoms with Crippen LogP contribution in [0.3, 0.4) is 0 Å². The van der Waals surface area contributed by atoms with Crippen LogP contribution in [-0.2, 0) is 10.4 Å². The van der Waals surface area contributed by atoms with Gasteiger partial charge in [-0.15, -0.1) is 0 Å². The van der Waals surface area contributed by atoms with E-state index in [1.54, 1.807) is 0 Å². The van der Waals surface area contributed by atoms with Crippen molar-refractivity contribution < 1.29 is 17.5 Å². The molecule has 0 aromatic carbocycles. The van der Waals surface area contributed by atoms with Crippen LogP contribution in [0.4, 0.5) is 0 Å². The van der Waals surface area contributed by atoms with Gasteiger partial charge >= 0.3 is 10.4 Å². The predicted octanol–water partition coefficient (Wildman–Crippen LogP) is 9.70. The van der Waals surface area contributed by atoms with Crippen molar-refractivity contribution in [1.82, 2.24) is 0 Å². The lowest BCUT2D eigenvalue weighted by Gasteiger charge is -2.31. The standard InChI is InChI=1S/C29H61N.H2O4S/c1-5-7-9-11-12-13-14-15-16-17-18-19-20-21-23-25-27-28(29(3,4)30)26-24-22-10-8-6-2;1-5(2,3)4/h28H,5-27,30H2,1-4H3;(H2,1,2,3,4). The molecule has 0 fully saturated rings. The van der Waals surface area contributed by atoms with E-state index in [0.717, 1.165) is 0 Å². The van der Waals surface area contributed by atoms with E-state index < -0.39 is 10.4 Å². The molecular formula is C29H63NO4S. The first kappa shape index (κ1) is 37.0. The van der Waals surface area contributed by atoms with E-state index in [2.05, 4.69) is 27.7 Å². The second-order valence-corrected chi connectivity index (χ2v) is 12.2. The zero-order chi connectivity index (χ0) is 26.8. The topological polar surface area (TPSA) is 101 Å². The van der Waals surface area contributed by atoms with Gasteiger partial charge in [-0.1, -0.05) is 149 Å². The molecule has 5 nitrogen and oxygen atoms in total. The second kappa shape index (κ2) is 25.5. The van der Waals surface area contributed by atoms with Crippen LogP contribution in [-0.4, -0.2) is 23.1 Å². The molecule has 6 heteroatoms. The minimum Gasteiger partial charge on any atom is -0.325 e. The SMILES string of the molecule is CCCCCCCCCCCCCCCCCCC(CCCCCCC)C(C)(C)N.O=S(=O)(O)O. The smallest absolute Gasteiger partial charge is 0.325 e. The van der Waals surface area contributed by atoms with Gasteiger partial charge in [-0.2, -0.15) is 8.42 Å². The van der Waals surface area contributed by atoms with Crippen molar-refractivity contribution in [3.05, 3.63) is 0 Å². The summed E-state index contributed by atoms with van der Waals surface area (Å²) in [5.74, 6) is 0.714. The van der Waals surface area contributed by atoms with Gasteiger partial charge in [-0.05, 0) is 32.6 Å². The highest BCUT2D eigenvalue weighted by Gasteiger charge is 2.23. The van der Waals surface area contributed by atoms with Gasteiger partial charge in [-0.3, -0.25) is 9.11 Å². The molecule has 0 bridgehead atoms. The minimum atomic E-state index is -4.67. The van der Waals surface area contributed by atoms with Gasteiger partial charge in [0.2, 0.25) is 0 Å². The van der Waals surface area contributed by atoms with E-state index in [-0.39, 0.29) is 5.54 Å². The van der Waals surface area contributed by atoms with Gasteiger partial charge in [0.25, 0.3) is 0 Å². The average Bonchev–Trinajstić information content (AvgIpc) is 2.75. The van der Waals surface area contributed by atoms with Crippen molar-refractivity contribution in [3.63, 3.8) is 0 Å². The fourth-order valence-electron chi connectivity index (χ4n) is 4.82. The van der Waals surface area contributed by atoms with Crippen LogP contribution in [0.5, 0.6) is 0 Å². The Morgan fingerprint density at radius 2 is 0.743 bits per heavy atom. The fraction of sp³-hybridized carbons (Fsp3) is 1.00. The summed E-state index contributed by atoms with van der Waals surface area (Å²) in [6, 6.07) is 0. The first-order chi connectivity index (χ1) is 16.5. The minimum absolute atomic E-state index is 0.000261. The van der Waals surface area contributed by atoms with Crippen molar-refractivity contribution in [1.29, 1.82) is 0 Å². The average molecular weight is 522 g/mol. The van der Waals surface area contributed by atoms with Gasteiger partial charge < -0.3 is 5.73 Å². The molecular weight excluding hydrogens is 458 g/mol. The molecule has 0 aliphatic heterocycles. The highest BCUT2D eigenvalue weighted by molar-refractivity contribution is 7.79. The van der Waals surface area contributed by atoms with Crippen LogP contribution < -0.4 is 5.73 Å². The van der Waals surface area contributed by atoms with Gasteiger partial charge in [0.1, 0.15) is 0 Å². The summed E-state index contributed by atoms with van der Waals surface area (Å²) in [5.41, 5.74) is 6.49. The Balaban J connectivity index is 0. The lowest BCUT2D eigenvalue weighted by molar-refractivity contribution is 0.267. The van der Waals surface area contributed by atoms with E-state index >= 15 is 0 Å². The lowest BCUT2D eigenvalue weighted by Crippen LogP contribution is -2.40. The van der Waals surface area contributed by atoms with Crippen molar-refractivity contribution >= 4 is 10.4 Å². The first-order valence-electron chi connectivity index (χ1n) is 15.0. The van der Waals surface area contributed by atoms with Crippen molar-refractivity contribution in [2.45, 2.75) is 181 Å². The molecule has 0 spiro atoms. The van der Waals surface area contributed by atoms with Crippen molar-refractivity contribution in [2.24, 2.45) is 11.7 Å². The summed E-state index contributed by atoms with van der Waals surface area (Å²) in [7, 11) is -4.67.